The number of piperidine rings is 1. The van der Waals surface area contributed by atoms with Crippen LogP contribution in [0.1, 0.15) is 65.1 Å². The van der Waals surface area contributed by atoms with Crippen LogP contribution >= 0.6 is 22.9 Å². The van der Waals surface area contributed by atoms with Crippen LogP contribution in [0.3, 0.4) is 0 Å². The van der Waals surface area contributed by atoms with Crippen LogP contribution in [0.25, 0.3) is 0 Å². The Balaban J connectivity index is 1.29. The quantitative estimate of drug-likeness (QED) is 0.572. The number of nitrogens with one attached hydrogen (secondary N) is 2. The lowest BCUT2D eigenvalue weighted by Gasteiger charge is -2.33. The molecule has 2 amide bonds. The topological polar surface area (TPSA) is 61.4 Å². The highest BCUT2D eigenvalue weighted by Crippen LogP contribution is 2.29. The van der Waals surface area contributed by atoms with E-state index in [2.05, 4.69) is 15.5 Å². The van der Waals surface area contributed by atoms with Crippen molar-refractivity contribution in [2.75, 3.05) is 18.4 Å². The SMILES string of the molecule is Cc1ccc(C(=O)Nc2cccc(CN3CCC(C(=O)NC4CCCCC4)CC3)c2Cl)s1. The molecule has 0 radical (unpaired) electrons. The van der Waals surface area contributed by atoms with E-state index < -0.39 is 0 Å². The first kappa shape index (κ1) is 23.3. The lowest BCUT2D eigenvalue weighted by atomic mass is 9.92. The molecule has 4 rings (SSSR count). The van der Waals surface area contributed by atoms with Gasteiger partial charge in [-0.15, -0.1) is 11.3 Å². The highest BCUT2D eigenvalue weighted by Gasteiger charge is 2.27. The number of anilines is 1. The maximum Gasteiger partial charge on any atom is 0.265 e. The number of rotatable bonds is 6. The van der Waals surface area contributed by atoms with Crippen LogP contribution in [-0.2, 0) is 11.3 Å². The van der Waals surface area contributed by atoms with Crippen molar-refractivity contribution in [1.82, 2.24) is 10.2 Å². The van der Waals surface area contributed by atoms with Crippen molar-refractivity contribution in [3.63, 3.8) is 0 Å². The van der Waals surface area contributed by atoms with Gasteiger partial charge in [-0.3, -0.25) is 14.5 Å². The summed E-state index contributed by atoms with van der Waals surface area (Å²) >= 11 is 8.12. The molecule has 2 fully saturated rings. The number of amides is 2. The molecule has 1 aliphatic carbocycles. The maximum atomic E-state index is 12.7. The summed E-state index contributed by atoms with van der Waals surface area (Å²) in [5, 5.41) is 6.82. The van der Waals surface area contributed by atoms with Gasteiger partial charge in [0.1, 0.15) is 0 Å². The van der Waals surface area contributed by atoms with Crippen molar-refractivity contribution >= 4 is 40.4 Å². The fourth-order valence-corrected chi connectivity index (χ4v) is 5.69. The van der Waals surface area contributed by atoms with Gasteiger partial charge in [0.05, 0.1) is 15.6 Å². The molecule has 2 heterocycles. The lowest BCUT2D eigenvalue weighted by molar-refractivity contribution is -0.127. The first-order valence-corrected chi connectivity index (χ1v) is 12.9. The summed E-state index contributed by atoms with van der Waals surface area (Å²) in [5.41, 5.74) is 1.64. The Bertz CT molecular complexity index is 946. The molecule has 1 aromatic carbocycles. The number of halogens is 1. The third kappa shape index (κ3) is 5.91. The fraction of sp³-hybridized carbons (Fsp3) is 0.520. The Labute approximate surface area is 199 Å². The monoisotopic (exact) mass is 473 g/mol. The summed E-state index contributed by atoms with van der Waals surface area (Å²) in [7, 11) is 0. The molecule has 5 nitrogen and oxygen atoms in total. The molecular formula is C25H32ClN3O2S. The first-order valence-electron chi connectivity index (χ1n) is 11.7. The molecule has 32 heavy (non-hydrogen) atoms. The van der Waals surface area contributed by atoms with Gasteiger partial charge >= 0.3 is 0 Å². The van der Waals surface area contributed by atoms with Crippen LogP contribution < -0.4 is 10.6 Å². The third-order valence-electron chi connectivity index (χ3n) is 6.59. The zero-order valence-corrected chi connectivity index (χ0v) is 20.2. The van der Waals surface area contributed by atoms with Gasteiger partial charge in [-0.2, -0.15) is 0 Å². The predicted molar refractivity (Wildman–Crippen MR) is 131 cm³/mol. The van der Waals surface area contributed by atoms with Crippen LogP contribution in [0.4, 0.5) is 5.69 Å². The molecule has 1 aromatic heterocycles. The van der Waals surface area contributed by atoms with Gasteiger partial charge in [0, 0.05) is 23.4 Å². The van der Waals surface area contributed by atoms with E-state index in [4.69, 9.17) is 11.6 Å². The molecule has 172 valence electrons. The van der Waals surface area contributed by atoms with Crippen LogP contribution in [0.2, 0.25) is 5.02 Å². The van der Waals surface area contributed by atoms with Gasteiger partial charge in [-0.1, -0.05) is 43.0 Å². The molecule has 1 saturated heterocycles. The Morgan fingerprint density at radius 3 is 2.50 bits per heavy atom. The Morgan fingerprint density at radius 2 is 1.81 bits per heavy atom. The van der Waals surface area contributed by atoms with Gasteiger partial charge < -0.3 is 10.6 Å². The molecule has 7 heteroatoms. The average molecular weight is 474 g/mol. The van der Waals surface area contributed by atoms with E-state index in [1.54, 1.807) is 0 Å². The standard InChI is InChI=1S/C25H32ClN3O2S/c1-17-10-11-22(32-17)25(31)28-21-9-5-6-19(23(21)26)16-29-14-12-18(13-15-29)24(30)27-20-7-3-2-4-8-20/h5-6,9-11,18,20H,2-4,7-8,12-16H2,1H3,(H,27,30)(H,28,31). The van der Waals surface area contributed by atoms with E-state index in [-0.39, 0.29) is 17.7 Å². The number of carbonyl (C=O) groups is 2. The molecule has 0 spiro atoms. The number of hydrogen-bond donors (Lipinski definition) is 2. The Morgan fingerprint density at radius 1 is 1.06 bits per heavy atom. The van der Waals surface area contributed by atoms with E-state index >= 15 is 0 Å². The number of carbonyl (C=O) groups excluding carboxylic acids is 2. The van der Waals surface area contributed by atoms with Gasteiger partial charge in [0.2, 0.25) is 5.91 Å². The van der Waals surface area contributed by atoms with E-state index in [0.717, 1.165) is 55.8 Å². The van der Waals surface area contributed by atoms with Gasteiger partial charge in [-0.25, -0.2) is 0 Å². The number of aryl methyl sites for hydroxylation is 1. The van der Waals surface area contributed by atoms with Crippen molar-refractivity contribution in [2.45, 2.75) is 64.5 Å². The molecule has 2 N–H and O–H groups in total. The maximum absolute atomic E-state index is 12.7. The molecule has 1 aliphatic heterocycles. The smallest absolute Gasteiger partial charge is 0.265 e. The molecule has 1 saturated carbocycles. The summed E-state index contributed by atoms with van der Waals surface area (Å²) in [6, 6.07) is 9.93. The van der Waals surface area contributed by atoms with E-state index in [9.17, 15) is 9.59 Å². The second kappa shape index (κ2) is 10.8. The molecule has 0 unspecified atom stereocenters. The Kier molecular flexibility index (Phi) is 7.87. The van der Waals surface area contributed by atoms with Crippen molar-refractivity contribution < 1.29 is 9.59 Å². The van der Waals surface area contributed by atoms with Crippen molar-refractivity contribution in [3.05, 3.63) is 50.7 Å². The highest BCUT2D eigenvalue weighted by atomic mass is 35.5. The van der Waals surface area contributed by atoms with Gasteiger partial charge in [0.25, 0.3) is 5.91 Å². The average Bonchev–Trinajstić information content (AvgIpc) is 3.24. The van der Waals surface area contributed by atoms with Crippen molar-refractivity contribution in [2.24, 2.45) is 5.92 Å². The number of likely N-dealkylation sites (tertiary alicyclic amines) is 1. The largest absolute Gasteiger partial charge is 0.353 e. The predicted octanol–water partition coefficient (Wildman–Crippen LogP) is 5.62. The zero-order valence-electron chi connectivity index (χ0n) is 18.7. The van der Waals surface area contributed by atoms with E-state index in [0.29, 0.717) is 21.6 Å². The first-order chi connectivity index (χ1) is 15.5. The van der Waals surface area contributed by atoms with Crippen LogP contribution in [0.5, 0.6) is 0 Å². The van der Waals surface area contributed by atoms with Gasteiger partial charge in [-0.05, 0) is 69.5 Å². The highest BCUT2D eigenvalue weighted by molar-refractivity contribution is 7.14. The summed E-state index contributed by atoms with van der Waals surface area (Å²) < 4.78 is 0. The Hall–Kier alpha value is -1.89. The molecular weight excluding hydrogens is 442 g/mol. The number of nitrogens with zero attached hydrogens (tertiary/aromatic N) is 1. The molecule has 2 aromatic rings. The van der Waals surface area contributed by atoms with Gasteiger partial charge in [0.15, 0.2) is 0 Å². The second-order valence-corrected chi connectivity index (χ2v) is 10.7. The molecule has 0 atom stereocenters. The third-order valence-corrected chi connectivity index (χ3v) is 8.04. The minimum absolute atomic E-state index is 0.114. The van der Waals surface area contributed by atoms with Crippen LogP contribution in [0, 0.1) is 12.8 Å². The fourth-order valence-electron chi connectivity index (χ4n) is 4.70. The number of thiophene rings is 1. The zero-order chi connectivity index (χ0) is 22.5. The lowest BCUT2D eigenvalue weighted by Crippen LogP contribution is -2.44. The second-order valence-electron chi connectivity index (χ2n) is 9.04. The summed E-state index contributed by atoms with van der Waals surface area (Å²) in [5.74, 6) is 0.221. The summed E-state index contributed by atoms with van der Waals surface area (Å²) in [6.45, 7) is 4.46. The summed E-state index contributed by atoms with van der Waals surface area (Å²) in [6.07, 6.45) is 7.78. The molecule has 0 bridgehead atoms. The van der Waals surface area contributed by atoms with Crippen molar-refractivity contribution in [3.8, 4) is 0 Å². The number of benzene rings is 1. The minimum Gasteiger partial charge on any atom is -0.353 e. The van der Waals surface area contributed by atoms with E-state index in [1.807, 2.05) is 37.3 Å². The summed E-state index contributed by atoms with van der Waals surface area (Å²) in [4.78, 5) is 29.3. The number of hydrogen-bond acceptors (Lipinski definition) is 4. The van der Waals surface area contributed by atoms with Crippen molar-refractivity contribution in [1.29, 1.82) is 0 Å². The minimum atomic E-state index is -0.132. The van der Waals surface area contributed by atoms with Crippen LogP contribution in [0.15, 0.2) is 30.3 Å². The normalized spacial score (nSPS) is 18.4. The van der Waals surface area contributed by atoms with Crippen LogP contribution in [-0.4, -0.2) is 35.8 Å². The molecule has 2 aliphatic rings. The van der Waals surface area contributed by atoms with E-state index in [1.165, 1.54) is 30.6 Å².